The normalized spacial score (nSPS) is 10.5. The highest BCUT2D eigenvalue weighted by molar-refractivity contribution is 8.00. The topological polar surface area (TPSA) is 109 Å². The molecule has 0 saturated heterocycles. The molecule has 178 valence electrons. The summed E-state index contributed by atoms with van der Waals surface area (Å²) in [6.45, 7) is 1.97. The van der Waals surface area contributed by atoms with E-state index in [1.165, 1.54) is 36.4 Å². The molecule has 0 atom stereocenters. The zero-order valence-electron chi connectivity index (χ0n) is 19.1. The number of halogens is 1. The Labute approximate surface area is 210 Å². The molecule has 3 aromatic carbocycles. The van der Waals surface area contributed by atoms with Crippen LogP contribution in [-0.2, 0) is 4.79 Å². The molecule has 9 heteroatoms. The van der Waals surface area contributed by atoms with E-state index in [0.29, 0.717) is 33.1 Å². The Kier molecular flexibility index (Phi) is 7.37. The van der Waals surface area contributed by atoms with Gasteiger partial charge in [-0.25, -0.2) is 9.37 Å². The number of aromatic nitrogens is 1. The molecule has 0 bridgehead atoms. The predicted octanol–water partition coefficient (Wildman–Crippen LogP) is 6.37. The lowest BCUT2D eigenvalue weighted by atomic mass is 9.98. The van der Waals surface area contributed by atoms with Crippen LogP contribution in [0.25, 0.3) is 22.4 Å². The number of benzene rings is 3. The second-order valence-corrected chi connectivity index (χ2v) is 8.82. The maximum Gasteiger partial charge on any atom is 0.269 e. The van der Waals surface area contributed by atoms with Crippen molar-refractivity contribution in [1.29, 1.82) is 5.26 Å². The standard InChI is InChI=1S/C27H19FN4O3S/c1-17-2-4-18(5-3-17)23-14-25(19-6-8-20(28)9-7-19)31-27(24(23)15-29)36-16-26(33)30-21-10-12-22(13-11-21)32(34)35/h2-14H,16H2,1H3,(H,30,33). The molecule has 0 saturated carbocycles. The molecule has 1 amide bonds. The third kappa shape index (κ3) is 5.74. The van der Waals surface area contributed by atoms with Crippen LogP contribution in [0.1, 0.15) is 11.1 Å². The number of nitro benzene ring substituents is 1. The number of pyridine rings is 1. The molecule has 7 nitrogen and oxygen atoms in total. The first-order chi connectivity index (χ1) is 17.3. The Morgan fingerprint density at radius 2 is 1.69 bits per heavy atom. The first-order valence-electron chi connectivity index (χ1n) is 10.8. The fourth-order valence-electron chi connectivity index (χ4n) is 3.46. The second kappa shape index (κ2) is 10.8. The quantitative estimate of drug-likeness (QED) is 0.180. The number of nitriles is 1. The summed E-state index contributed by atoms with van der Waals surface area (Å²) in [7, 11) is 0. The Hall–Kier alpha value is -4.55. The zero-order valence-corrected chi connectivity index (χ0v) is 19.9. The Morgan fingerprint density at radius 3 is 2.31 bits per heavy atom. The van der Waals surface area contributed by atoms with Crippen molar-refractivity contribution >= 4 is 29.0 Å². The molecule has 0 aliphatic rings. The summed E-state index contributed by atoms with van der Waals surface area (Å²) in [4.78, 5) is 27.5. The predicted molar refractivity (Wildman–Crippen MR) is 137 cm³/mol. The van der Waals surface area contributed by atoms with E-state index < -0.39 is 4.92 Å². The van der Waals surface area contributed by atoms with E-state index in [0.717, 1.165) is 22.9 Å². The van der Waals surface area contributed by atoms with Gasteiger partial charge in [-0.1, -0.05) is 41.6 Å². The molecule has 0 unspecified atom stereocenters. The maximum absolute atomic E-state index is 13.5. The van der Waals surface area contributed by atoms with Crippen LogP contribution in [0.5, 0.6) is 0 Å². The fourth-order valence-corrected chi connectivity index (χ4v) is 4.26. The van der Waals surface area contributed by atoms with Crippen LogP contribution in [0.3, 0.4) is 0 Å². The molecule has 0 aliphatic heterocycles. The number of hydrogen-bond donors (Lipinski definition) is 1. The molecular weight excluding hydrogens is 479 g/mol. The monoisotopic (exact) mass is 498 g/mol. The third-order valence-corrected chi connectivity index (χ3v) is 6.28. The van der Waals surface area contributed by atoms with Crippen molar-refractivity contribution in [3.8, 4) is 28.5 Å². The van der Waals surface area contributed by atoms with Crippen molar-refractivity contribution in [3.05, 3.63) is 106 Å². The van der Waals surface area contributed by atoms with Crippen LogP contribution >= 0.6 is 11.8 Å². The number of carbonyl (C=O) groups is 1. The number of nitro groups is 1. The molecule has 36 heavy (non-hydrogen) atoms. The Balaban J connectivity index is 1.64. The molecule has 1 aromatic heterocycles. The minimum absolute atomic E-state index is 0.0428. The average Bonchev–Trinajstić information content (AvgIpc) is 2.88. The van der Waals surface area contributed by atoms with Gasteiger partial charge in [0.15, 0.2) is 0 Å². The van der Waals surface area contributed by atoms with Gasteiger partial charge in [-0.15, -0.1) is 0 Å². The highest BCUT2D eigenvalue weighted by Gasteiger charge is 2.17. The lowest BCUT2D eigenvalue weighted by Gasteiger charge is -2.13. The maximum atomic E-state index is 13.5. The van der Waals surface area contributed by atoms with Gasteiger partial charge in [0, 0.05) is 28.9 Å². The lowest BCUT2D eigenvalue weighted by molar-refractivity contribution is -0.384. The van der Waals surface area contributed by atoms with Crippen molar-refractivity contribution in [2.75, 3.05) is 11.1 Å². The van der Waals surface area contributed by atoms with Gasteiger partial charge in [-0.3, -0.25) is 14.9 Å². The number of anilines is 1. The lowest BCUT2D eigenvalue weighted by Crippen LogP contribution is -2.14. The molecule has 1 heterocycles. The third-order valence-electron chi connectivity index (χ3n) is 5.30. The summed E-state index contributed by atoms with van der Waals surface area (Å²) in [5, 5.41) is 23.8. The molecular formula is C27H19FN4O3S. The van der Waals surface area contributed by atoms with Crippen LogP contribution in [0.2, 0.25) is 0 Å². The van der Waals surface area contributed by atoms with E-state index in [9.17, 15) is 24.6 Å². The summed E-state index contributed by atoms with van der Waals surface area (Å²) < 4.78 is 13.5. The summed E-state index contributed by atoms with van der Waals surface area (Å²) in [6.07, 6.45) is 0. The summed E-state index contributed by atoms with van der Waals surface area (Å²) in [5.41, 5.74) is 4.44. The molecule has 0 radical (unpaired) electrons. The van der Waals surface area contributed by atoms with E-state index in [-0.39, 0.29) is 23.2 Å². The number of rotatable bonds is 7. The SMILES string of the molecule is Cc1ccc(-c2cc(-c3ccc(F)cc3)nc(SCC(=O)Nc3ccc([N+](=O)[O-])cc3)c2C#N)cc1. The van der Waals surface area contributed by atoms with E-state index in [1.807, 2.05) is 31.2 Å². The smallest absolute Gasteiger partial charge is 0.269 e. The van der Waals surface area contributed by atoms with Crippen LogP contribution < -0.4 is 5.32 Å². The van der Waals surface area contributed by atoms with Crippen molar-refractivity contribution < 1.29 is 14.1 Å². The average molecular weight is 499 g/mol. The molecule has 0 spiro atoms. The van der Waals surface area contributed by atoms with Crippen molar-refractivity contribution in [1.82, 2.24) is 4.98 Å². The molecule has 4 aromatic rings. The molecule has 4 rings (SSSR count). The summed E-state index contributed by atoms with van der Waals surface area (Å²) in [5.74, 6) is -0.772. The van der Waals surface area contributed by atoms with Gasteiger partial charge in [-0.2, -0.15) is 5.26 Å². The largest absolute Gasteiger partial charge is 0.325 e. The Morgan fingerprint density at radius 1 is 1.06 bits per heavy atom. The summed E-state index contributed by atoms with van der Waals surface area (Å²) in [6, 6.07) is 23.1. The van der Waals surface area contributed by atoms with E-state index in [1.54, 1.807) is 18.2 Å². The van der Waals surface area contributed by atoms with Gasteiger partial charge >= 0.3 is 0 Å². The zero-order chi connectivity index (χ0) is 25.7. The first kappa shape index (κ1) is 24.6. The van der Waals surface area contributed by atoms with Crippen LogP contribution in [0.4, 0.5) is 15.8 Å². The molecule has 0 fully saturated rings. The van der Waals surface area contributed by atoms with Crippen LogP contribution in [0, 0.1) is 34.2 Å². The van der Waals surface area contributed by atoms with Gasteiger partial charge in [0.05, 0.1) is 21.9 Å². The number of non-ortho nitro benzene ring substituents is 1. The molecule has 0 aliphatic carbocycles. The summed E-state index contributed by atoms with van der Waals surface area (Å²) >= 11 is 1.10. The van der Waals surface area contributed by atoms with Crippen molar-refractivity contribution in [2.24, 2.45) is 0 Å². The van der Waals surface area contributed by atoms with Crippen molar-refractivity contribution in [2.45, 2.75) is 11.9 Å². The number of amides is 1. The van der Waals surface area contributed by atoms with E-state index >= 15 is 0 Å². The number of hydrogen-bond acceptors (Lipinski definition) is 6. The van der Waals surface area contributed by atoms with Gasteiger partial charge in [0.1, 0.15) is 16.9 Å². The first-order valence-corrected chi connectivity index (χ1v) is 11.8. The van der Waals surface area contributed by atoms with E-state index in [4.69, 9.17) is 0 Å². The number of nitrogens with zero attached hydrogens (tertiary/aromatic N) is 3. The number of aryl methyl sites for hydroxylation is 1. The van der Waals surface area contributed by atoms with Crippen LogP contribution in [0.15, 0.2) is 83.9 Å². The van der Waals surface area contributed by atoms with Gasteiger partial charge in [-0.05, 0) is 55.0 Å². The van der Waals surface area contributed by atoms with Gasteiger partial charge in [0.25, 0.3) is 5.69 Å². The van der Waals surface area contributed by atoms with Gasteiger partial charge < -0.3 is 5.32 Å². The Bertz CT molecular complexity index is 1470. The highest BCUT2D eigenvalue weighted by atomic mass is 32.2. The highest BCUT2D eigenvalue weighted by Crippen LogP contribution is 2.34. The number of thioether (sulfide) groups is 1. The number of carbonyl (C=O) groups excluding carboxylic acids is 1. The van der Waals surface area contributed by atoms with E-state index in [2.05, 4.69) is 16.4 Å². The minimum atomic E-state index is -0.518. The fraction of sp³-hybridized carbons (Fsp3) is 0.0741. The molecule has 1 N–H and O–H groups in total. The number of nitrogens with one attached hydrogen (secondary N) is 1. The minimum Gasteiger partial charge on any atom is -0.325 e. The van der Waals surface area contributed by atoms with Crippen molar-refractivity contribution in [3.63, 3.8) is 0 Å². The second-order valence-electron chi connectivity index (χ2n) is 7.86. The van der Waals surface area contributed by atoms with Crippen LogP contribution in [-0.4, -0.2) is 21.6 Å². The van der Waals surface area contributed by atoms with Gasteiger partial charge in [0.2, 0.25) is 5.91 Å².